The van der Waals surface area contributed by atoms with E-state index in [2.05, 4.69) is 4.57 Å². The maximum Gasteiger partial charge on any atom is 0.269 e. The summed E-state index contributed by atoms with van der Waals surface area (Å²) in [6, 6.07) is 17.8. The van der Waals surface area contributed by atoms with Gasteiger partial charge in [-0.05, 0) is 42.3 Å². The van der Waals surface area contributed by atoms with Crippen LogP contribution in [0.4, 0.5) is 11.4 Å². The molecule has 1 aliphatic rings. The Morgan fingerprint density at radius 3 is 2.38 bits per heavy atom. The number of hydrogen-bond donors (Lipinski definition) is 0. The predicted molar refractivity (Wildman–Crippen MR) is 98.4 cm³/mol. The molecule has 0 bridgehead atoms. The van der Waals surface area contributed by atoms with Gasteiger partial charge in [0.15, 0.2) is 0 Å². The molecule has 0 saturated carbocycles. The van der Waals surface area contributed by atoms with Gasteiger partial charge >= 0.3 is 0 Å². The van der Waals surface area contributed by atoms with Crippen LogP contribution in [0.25, 0.3) is 0 Å². The first-order valence-electron chi connectivity index (χ1n) is 8.40. The Morgan fingerprint density at radius 1 is 1.00 bits per heavy atom. The highest BCUT2D eigenvalue weighted by atomic mass is 16.6. The molecule has 1 unspecified atom stereocenters. The van der Waals surface area contributed by atoms with E-state index in [0.717, 1.165) is 17.7 Å². The van der Waals surface area contributed by atoms with E-state index in [9.17, 15) is 14.9 Å². The Kier molecular flexibility index (Phi) is 4.01. The molecule has 26 heavy (non-hydrogen) atoms. The fourth-order valence-electron chi connectivity index (χ4n) is 3.44. The van der Waals surface area contributed by atoms with Crippen LogP contribution in [0.3, 0.4) is 0 Å². The van der Waals surface area contributed by atoms with E-state index >= 15 is 0 Å². The zero-order valence-corrected chi connectivity index (χ0v) is 14.0. The number of aromatic nitrogens is 1. The molecule has 0 N–H and O–H groups in total. The minimum Gasteiger partial charge on any atom is -0.349 e. The zero-order chi connectivity index (χ0) is 18.1. The minimum atomic E-state index is -0.466. The largest absolute Gasteiger partial charge is 0.349 e. The standard InChI is InChI=1S/C20H17N3O3/c24-20(15-7-9-17(10-8-15)23(25)26)22-14-18(21-11-3-4-12-21)13-16-5-1-2-6-19(16)22/h1-12,18H,13-14H2. The molecule has 0 aliphatic carbocycles. The van der Waals surface area contributed by atoms with Crippen molar-refractivity contribution in [3.05, 3.63) is 94.3 Å². The molecule has 130 valence electrons. The van der Waals surface area contributed by atoms with Gasteiger partial charge in [-0.15, -0.1) is 0 Å². The molecule has 1 atom stereocenters. The molecule has 0 fully saturated rings. The lowest BCUT2D eigenvalue weighted by atomic mass is 9.97. The van der Waals surface area contributed by atoms with Gasteiger partial charge in [-0.3, -0.25) is 14.9 Å². The Hall–Kier alpha value is -3.41. The molecule has 6 nitrogen and oxygen atoms in total. The van der Waals surface area contributed by atoms with Gasteiger partial charge in [0.05, 0.1) is 11.0 Å². The zero-order valence-electron chi connectivity index (χ0n) is 14.0. The molecule has 3 aromatic rings. The number of nitro groups is 1. The van der Waals surface area contributed by atoms with Gasteiger partial charge in [0.2, 0.25) is 0 Å². The third-order valence-corrected chi connectivity index (χ3v) is 4.75. The SMILES string of the molecule is O=C(c1ccc([N+](=O)[O-])cc1)N1CC(n2cccc2)Cc2ccccc21. The summed E-state index contributed by atoms with van der Waals surface area (Å²) < 4.78 is 2.12. The van der Waals surface area contributed by atoms with E-state index in [1.165, 1.54) is 24.3 Å². The normalized spacial score (nSPS) is 16.2. The van der Waals surface area contributed by atoms with Crippen LogP contribution in [-0.2, 0) is 6.42 Å². The van der Waals surface area contributed by atoms with E-state index in [1.807, 2.05) is 48.8 Å². The summed E-state index contributed by atoms with van der Waals surface area (Å²) in [5.41, 5.74) is 2.44. The number of hydrogen-bond acceptors (Lipinski definition) is 3. The highest BCUT2D eigenvalue weighted by molar-refractivity contribution is 6.06. The second-order valence-electron chi connectivity index (χ2n) is 6.34. The number of anilines is 1. The average Bonchev–Trinajstić information content (AvgIpc) is 3.21. The van der Waals surface area contributed by atoms with Crippen LogP contribution in [0.2, 0.25) is 0 Å². The molecule has 2 aromatic carbocycles. The third-order valence-electron chi connectivity index (χ3n) is 4.75. The van der Waals surface area contributed by atoms with E-state index in [1.54, 1.807) is 4.90 Å². The molecule has 1 aliphatic heterocycles. The highest BCUT2D eigenvalue weighted by Gasteiger charge is 2.29. The van der Waals surface area contributed by atoms with Crippen molar-refractivity contribution in [2.24, 2.45) is 0 Å². The van der Waals surface area contributed by atoms with Gasteiger partial charge in [-0.1, -0.05) is 18.2 Å². The number of rotatable bonds is 3. The summed E-state index contributed by atoms with van der Waals surface area (Å²) in [4.78, 5) is 25.2. The number of carbonyl (C=O) groups excluding carboxylic acids is 1. The summed E-state index contributed by atoms with van der Waals surface area (Å²) in [6.07, 6.45) is 4.87. The molecule has 0 radical (unpaired) electrons. The van der Waals surface area contributed by atoms with Gasteiger partial charge in [0.1, 0.15) is 0 Å². The molecular weight excluding hydrogens is 330 g/mol. The second-order valence-corrected chi connectivity index (χ2v) is 6.34. The maximum absolute atomic E-state index is 13.1. The lowest BCUT2D eigenvalue weighted by Gasteiger charge is -2.35. The van der Waals surface area contributed by atoms with Crippen molar-refractivity contribution < 1.29 is 9.72 Å². The van der Waals surface area contributed by atoms with Crippen LogP contribution in [0.15, 0.2) is 73.1 Å². The van der Waals surface area contributed by atoms with E-state index in [-0.39, 0.29) is 17.6 Å². The van der Waals surface area contributed by atoms with Crippen molar-refractivity contribution in [1.82, 2.24) is 4.57 Å². The number of nitrogens with zero attached hydrogens (tertiary/aromatic N) is 3. The molecule has 4 rings (SSSR count). The number of para-hydroxylation sites is 1. The molecule has 0 spiro atoms. The van der Waals surface area contributed by atoms with Crippen LogP contribution >= 0.6 is 0 Å². The monoisotopic (exact) mass is 347 g/mol. The lowest BCUT2D eigenvalue weighted by Crippen LogP contribution is -2.40. The minimum absolute atomic E-state index is 0.0224. The van der Waals surface area contributed by atoms with E-state index < -0.39 is 4.92 Å². The Labute approximate surface area is 150 Å². The Bertz CT molecular complexity index is 949. The maximum atomic E-state index is 13.1. The second kappa shape index (κ2) is 6.48. The van der Waals surface area contributed by atoms with E-state index in [4.69, 9.17) is 0 Å². The molecule has 0 saturated heterocycles. The number of non-ortho nitro benzene ring substituents is 1. The van der Waals surface area contributed by atoms with Crippen molar-refractivity contribution in [3.8, 4) is 0 Å². The number of carbonyl (C=O) groups is 1. The topological polar surface area (TPSA) is 68.4 Å². The first kappa shape index (κ1) is 16.1. The van der Waals surface area contributed by atoms with Crippen molar-refractivity contribution in [2.75, 3.05) is 11.4 Å². The Balaban J connectivity index is 1.69. The molecule has 1 amide bonds. The molecule has 6 heteroatoms. The number of benzene rings is 2. The van der Waals surface area contributed by atoms with Crippen LogP contribution in [0.5, 0.6) is 0 Å². The smallest absolute Gasteiger partial charge is 0.269 e. The summed E-state index contributed by atoms with van der Waals surface area (Å²) in [5.74, 6) is -0.149. The van der Waals surface area contributed by atoms with Crippen LogP contribution < -0.4 is 4.90 Å². The van der Waals surface area contributed by atoms with Gasteiger partial charge < -0.3 is 9.47 Å². The van der Waals surface area contributed by atoms with Gasteiger partial charge in [0, 0.05) is 42.3 Å². The molecular formula is C20H17N3O3. The van der Waals surface area contributed by atoms with Crippen molar-refractivity contribution in [2.45, 2.75) is 12.5 Å². The van der Waals surface area contributed by atoms with Crippen molar-refractivity contribution in [3.63, 3.8) is 0 Å². The highest BCUT2D eigenvalue weighted by Crippen LogP contribution is 2.33. The van der Waals surface area contributed by atoms with Gasteiger partial charge in [0.25, 0.3) is 11.6 Å². The van der Waals surface area contributed by atoms with Crippen LogP contribution in [0.1, 0.15) is 22.0 Å². The van der Waals surface area contributed by atoms with Crippen LogP contribution in [0, 0.1) is 10.1 Å². The summed E-state index contributed by atoms with van der Waals surface area (Å²) >= 11 is 0. The predicted octanol–water partition coefficient (Wildman–Crippen LogP) is 3.84. The summed E-state index contributed by atoms with van der Waals surface area (Å²) in [7, 11) is 0. The lowest BCUT2D eigenvalue weighted by molar-refractivity contribution is -0.384. The molecule has 1 aromatic heterocycles. The number of nitro benzene ring substituents is 1. The first-order chi connectivity index (χ1) is 12.6. The third kappa shape index (κ3) is 2.86. The fraction of sp³-hybridized carbons (Fsp3) is 0.150. The number of fused-ring (bicyclic) bond motifs is 1. The average molecular weight is 347 g/mol. The number of amides is 1. The quantitative estimate of drug-likeness (QED) is 0.534. The molecule has 2 heterocycles. The van der Waals surface area contributed by atoms with Gasteiger partial charge in [-0.2, -0.15) is 0 Å². The summed E-state index contributed by atoms with van der Waals surface area (Å²) in [6.45, 7) is 0.557. The first-order valence-corrected chi connectivity index (χ1v) is 8.40. The fourth-order valence-corrected chi connectivity index (χ4v) is 3.44. The van der Waals surface area contributed by atoms with Crippen molar-refractivity contribution in [1.29, 1.82) is 0 Å². The van der Waals surface area contributed by atoms with E-state index in [0.29, 0.717) is 12.1 Å². The van der Waals surface area contributed by atoms with Gasteiger partial charge in [-0.25, -0.2) is 0 Å². The van der Waals surface area contributed by atoms with Crippen LogP contribution in [-0.4, -0.2) is 21.9 Å². The summed E-state index contributed by atoms with van der Waals surface area (Å²) in [5, 5.41) is 10.8. The Morgan fingerprint density at radius 2 is 1.69 bits per heavy atom. The van der Waals surface area contributed by atoms with Crippen molar-refractivity contribution >= 4 is 17.3 Å².